The fourth-order valence-electron chi connectivity index (χ4n) is 2.93. The van der Waals surface area contributed by atoms with Crippen LogP contribution in [0.2, 0.25) is 0 Å². The van der Waals surface area contributed by atoms with Crippen LogP contribution in [0.3, 0.4) is 0 Å². The normalized spacial score (nSPS) is 15.1. The zero-order chi connectivity index (χ0) is 16.4. The molecule has 2 aliphatic rings. The second-order valence-corrected chi connectivity index (χ2v) is 5.81. The average molecular weight is 319 g/mol. The lowest BCUT2D eigenvalue weighted by molar-refractivity contribution is -0.111. The summed E-state index contributed by atoms with van der Waals surface area (Å²) in [6.07, 6.45) is 7.56. The molecule has 0 fully saturated rings. The minimum absolute atomic E-state index is 0.159. The summed E-state index contributed by atoms with van der Waals surface area (Å²) < 4.78 is 10.6. The highest BCUT2D eigenvalue weighted by molar-refractivity contribution is 5.99. The van der Waals surface area contributed by atoms with Gasteiger partial charge in [-0.15, -0.1) is 0 Å². The highest BCUT2D eigenvalue weighted by Gasteiger charge is 2.13. The standard InChI is InChI=1S/C20H17NO3/c22-20(21-17-8-9-18-19(12-17)24-13-23-18)10-6-14-5-7-15-3-1-2-4-16(15)11-14/h1-4,6,8-12H,5,7,13H2,(H,21,22). The number of carbonyl (C=O) groups excluding carboxylic acids is 1. The van der Waals surface area contributed by atoms with Crippen molar-refractivity contribution in [2.75, 3.05) is 12.1 Å². The first-order valence-electron chi connectivity index (χ1n) is 7.95. The molecule has 0 saturated heterocycles. The Morgan fingerprint density at radius 2 is 1.92 bits per heavy atom. The van der Waals surface area contributed by atoms with Gasteiger partial charge in [0, 0.05) is 17.8 Å². The molecular weight excluding hydrogens is 302 g/mol. The first-order valence-corrected chi connectivity index (χ1v) is 7.95. The number of aryl methyl sites for hydroxylation is 1. The molecule has 2 aromatic carbocycles. The summed E-state index contributed by atoms with van der Waals surface area (Å²) in [4.78, 5) is 12.1. The molecule has 1 aliphatic heterocycles. The van der Waals surface area contributed by atoms with Crippen molar-refractivity contribution in [3.05, 3.63) is 71.3 Å². The Kier molecular flexibility index (Phi) is 3.79. The Morgan fingerprint density at radius 1 is 1.04 bits per heavy atom. The largest absolute Gasteiger partial charge is 0.454 e. The summed E-state index contributed by atoms with van der Waals surface area (Å²) in [5.74, 6) is 1.20. The Labute approximate surface area is 140 Å². The Hall–Kier alpha value is -3.01. The van der Waals surface area contributed by atoms with E-state index in [9.17, 15) is 4.79 Å². The maximum atomic E-state index is 12.1. The first-order chi connectivity index (χ1) is 11.8. The number of ether oxygens (including phenoxy) is 2. The lowest BCUT2D eigenvalue weighted by Gasteiger charge is -2.13. The number of benzene rings is 2. The van der Waals surface area contributed by atoms with Gasteiger partial charge in [-0.2, -0.15) is 0 Å². The highest BCUT2D eigenvalue weighted by atomic mass is 16.7. The predicted octanol–water partition coefficient (Wildman–Crippen LogP) is 3.94. The molecule has 1 heterocycles. The van der Waals surface area contributed by atoms with E-state index in [0.29, 0.717) is 17.2 Å². The molecule has 1 amide bonds. The van der Waals surface area contributed by atoms with Gasteiger partial charge in [0.2, 0.25) is 12.7 Å². The third-order valence-corrected chi connectivity index (χ3v) is 4.17. The number of rotatable bonds is 3. The van der Waals surface area contributed by atoms with Crippen molar-refractivity contribution in [3.63, 3.8) is 0 Å². The molecule has 4 rings (SSSR count). The number of hydrogen-bond acceptors (Lipinski definition) is 3. The molecule has 2 aromatic rings. The summed E-state index contributed by atoms with van der Waals surface area (Å²) in [7, 11) is 0. The molecular formula is C20H17NO3. The van der Waals surface area contributed by atoms with Gasteiger partial charge in [-0.3, -0.25) is 4.79 Å². The molecule has 1 N–H and O–H groups in total. The first kappa shape index (κ1) is 14.6. The van der Waals surface area contributed by atoms with Crippen molar-refractivity contribution in [1.29, 1.82) is 0 Å². The third-order valence-electron chi connectivity index (χ3n) is 4.17. The summed E-state index contributed by atoms with van der Waals surface area (Å²) in [6, 6.07) is 13.7. The monoisotopic (exact) mass is 319 g/mol. The molecule has 0 bridgehead atoms. The van der Waals surface area contributed by atoms with E-state index in [1.807, 2.05) is 12.1 Å². The van der Waals surface area contributed by atoms with Crippen molar-refractivity contribution in [2.24, 2.45) is 0 Å². The van der Waals surface area contributed by atoms with Crippen molar-refractivity contribution in [2.45, 2.75) is 12.8 Å². The van der Waals surface area contributed by atoms with Crippen molar-refractivity contribution < 1.29 is 14.3 Å². The number of nitrogens with one attached hydrogen (secondary N) is 1. The van der Waals surface area contributed by atoms with Gasteiger partial charge in [-0.25, -0.2) is 0 Å². The minimum atomic E-state index is -0.159. The van der Waals surface area contributed by atoms with Crippen LogP contribution in [0.25, 0.3) is 6.08 Å². The average Bonchev–Trinajstić information content (AvgIpc) is 3.07. The fourth-order valence-corrected chi connectivity index (χ4v) is 2.93. The second kappa shape index (κ2) is 6.24. The smallest absolute Gasteiger partial charge is 0.248 e. The van der Waals surface area contributed by atoms with E-state index in [2.05, 4.69) is 29.6 Å². The second-order valence-electron chi connectivity index (χ2n) is 5.81. The quantitative estimate of drug-likeness (QED) is 0.872. The van der Waals surface area contributed by atoms with Crippen LogP contribution in [-0.2, 0) is 11.2 Å². The number of hydrogen-bond donors (Lipinski definition) is 1. The number of fused-ring (bicyclic) bond motifs is 2. The van der Waals surface area contributed by atoms with Crippen LogP contribution < -0.4 is 14.8 Å². The van der Waals surface area contributed by atoms with Crippen molar-refractivity contribution in [3.8, 4) is 11.5 Å². The van der Waals surface area contributed by atoms with E-state index in [-0.39, 0.29) is 12.7 Å². The van der Waals surface area contributed by atoms with Gasteiger partial charge in [-0.05, 0) is 41.7 Å². The van der Waals surface area contributed by atoms with Crippen molar-refractivity contribution >= 4 is 17.7 Å². The Morgan fingerprint density at radius 3 is 2.88 bits per heavy atom. The summed E-state index contributed by atoms with van der Waals surface area (Å²) in [6.45, 7) is 0.224. The van der Waals surface area contributed by atoms with E-state index in [1.165, 1.54) is 11.1 Å². The topological polar surface area (TPSA) is 47.6 Å². The van der Waals surface area contributed by atoms with Crippen LogP contribution in [0.5, 0.6) is 11.5 Å². The molecule has 4 nitrogen and oxygen atoms in total. The van der Waals surface area contributed by atoms with Gasteiger partial charge in [0.15, 0.2) is 11.5 Å². The lowest BCUT2D eigenvalue weighted by Crippen LogP contribution is -2.08. The Bertz CT molecular complexity index is 852. The third kappa shape index (κ3) is 3.04. The van der Waals surface area contributed by atoms with Gasteiger partial charge in [-0.1, -0.05) is 36.4 Å². The van der Waals surface area contributed by atoms with Gasteiger partial charge in [0.1, 0.15) is 0 Å². The van der Waals surface area contributed by atoms with E-state index in [0.717, 1.165) is 18.4 Å². The molecule has 120 valence electrons. The van der Waals surface area contributed by atoms with Crippen LogP contribution in [0, 0.1) is 0 Å². The van der Waals surface area contributed by atoms with Gasteiger partial charge in [0.25, 0.3) is 0 Å². The molecule has 1 aliphatic carbocycles. The van der Waals surface area contributed by atoms with Crippen LogP contribution in [0.4, 0.5) is 5.69 Å². The van der Waals surface area contributed by atoms with Gasteiger partial charge >= 0.3 is 0 Å². The molecule has 4 heteroatoms. The van der Waals surface area contributed by atoms with E-state index in [1.54, 1.807) is 24.3 Å². The van der Waals surface area contributed by atoms with Crippen LogP contribution in [-0.4, -0.2) is 12.7 Å². The lowest BCUT2D eigenvalue weighted by atomic mass is 9.92. The molecule has 0 radical (unpaired) electrons. The van der Waals surface area contributed by atoms with Crippen LogP contribution >= 0.6 is 0 Å². The number of amides is 1. The highest BCUT2D eigenvalue weighted by Crippen LogP contribution is 2.34. The predicted molar refractivity (Wildman–Crippen MR) is 93.1 cm³/mol. The molecule has 0 saturated carbocycles. The minimum Gasteiger partial charge on any atom is -0.454 e. The van der Waals surface area contributed by atoms with Gasteiger partial charge < -0.3 is 14.8 Å². The molecule has 0 aromatic heterocycles. The van der Waals surface area contributed by atoms with E-state index in [4.69, 9.17) is 9.47 Å². The summed E-state index contributed by atoms with van der Waals surface area (Å²) in [5.41, 5.74) is 4.45. The zero-order valence-corrected chi connectivity index (χ0v) is 13.1. The molecule has 0 spiro atoms. The van der Waals surface area contributed by atoms with Crippen LogP contribution in [0.1, 0.15) is 17.5 Å². The summed E-state index contributed by atoms with van der Waals surface area (Å²) >= 11 is 0. The summed E-state index contributed by atoms with van der Waals surface area (Å²) in [5, 5.41) is 2.84. The molecule has 0 atom stereocenters. The maximum absolute atomic E-state index is 12.1. The fraction of sp³-hybridized carbons (Fsp3) is 0.150. The van der Waals surface area contributed by atoms with E-state index < -0.39 is 0 Å². The van der Waals surface area contributed by atoms with Gasteiger partial charge in [0.05, 0.1) is 0 Å². The SMILES string of the molecule is O=C(C=CC1=Cc2ccccc2CC1)Nc1ccc2c(c1)OCO2. The number of anilines is 1. The molecule has 24 heavy (non-hydrogen) atoms. The maximum Gasteiger partial charge on any atom is 0.248 e. The van der Waals surface area contributed by atoms with E-state index >= 15 is 0 Å². The molecule has 0 unspecified atom stereocenters. The van der Waals surface area contributed by atoms with Crippen LogP contribution in [0.15, 0.2) is 60.2 Å². The number of carbonyl (C=O) groups is 1. The Balaban J connectivity index is 1.43. The van der Waals surface area contributed by atoms with Crippen molar-refractivity contribution in [1.82, 2.24) is 0 Å². The zero-order valence-electron chi connectivity index (χ0n) is 13.1. The number of allylic oxidation sites excluding steroid dienone is 2.